The summed E-state index contributed by atoms with van der Waals surface area (Å²) in [6.07, 6.45) is 0. The lowest BCUT2D eigenvalue weighted by molar-refractivity contribution is 0.574. The molecule has 1 atom stereocenters. The van der Waals surface area contributed by atoms with Gasteiger partial charge in [-0.15, -0.1) is 0 Å². The normalized spacial score (nSPS) is 13.8. The summed E-state index contributed by atoms with van der Waals surface area (Å²) in [5.41, 5.74) is 6.19. The van der Waals surface area contributed by atoms with Crippen LogP contribution in [0.15, 0.2) is 23.1 Å². The van der Waals surface area contributed by atoms with Crippen LogP contribution in [-0.4, -0.2) is 20.7 Å². The molecule has 0 spiro atoms. The fourth-order valence-corrected chi connectivity index (χ4v) is 3.18. The topological polar surface area (TPSA) is 60.2 Å². The van der Waals surface area contributed by atoms with Crippen LogP contribution in [0.1, 0.15) is 12.5 Å². The second-order valence-corrected chi connectivity index (χ2v) is 6.47. The average Bonchev–Trinajstić information content (AvgIpc) is 2.21. The molecule has 1 aromatic carbocycles. The maximum absolute atomic E-state index is 12.0. The smallest absolute Gasteiger partial charge is 0.178 e. The van der Waals surface area contributed by atoms with Crippen LogP contribution in [0.4, 0.5) is 0 Å². The molecule has 0 aromatic heterocycles. The SMILES string of the molecule is Cc1cc(S(=O)(=O)CC(C)CN)ccc1Cl. The molecule has 0 amide bonds. The van der Waals surface area contributed by atoms with E-state index >= 15 is 0 Å². The number of hydrogen-bond acceptors (Lipinski definition) is 3. The predicted octanol–water partition coefficient (Wildman–Crippen LogP) is 2.02. The lowest BCUT2D eigenvalue weighted by Crippen LogP contribution is -2.21. The van der Waals surface area contributed by atoms with Crippen molar-refractivity contribution in [2.24, 2.45) is 11.7 Å². The Hall–Kier alpha value is -0.580. The summed E-state index contributed by atoms with van der Waals surface area (Å²) in [7, 11) is -3.25. The summed E-state index contributed by atoms with van der Waals surface area (Å²) >= 11 is 5.85. The molecule has 1 unspecified atom stereocenters. The summed E-state index contributed by atoms with van der Waals surface area (Å²) in [5, 5.41) is 0.575. The van der Waals surface area contributed by atoms with Gasteiger partial charge < -0.3 is 5.73 Å². The molecule has 1 aromatic rings. The van der Waals surface area contributed by atoms with Gasteiger partial charge in [0.15, 0.2) is 9.84 Å². The van der Waals surface area contributed by atoms with Gasteiger partial charge in [-0.1, -0.05) is 18.5 Å². The zero-order chi connectivity index (χ0) is 12.3. The Balaban J connectivity index is 3.03. The van der Waals surface area contributed by atoms with Crippen molar-refractivity contribution in [2.45, 2.75) is 18.7 Å². The Labute approximate surface area is 102 Å². The van der Waals surface area contributed by atoms with E-state index in [9.17, 15) is 8.42 Å². The third kappa shape index (κ3) is 3.20. The molecule has 0 aliphatic carbocycles. The first kappa shape index (κ1) is 13.5. The fourth-order valence-electron chi connectivity index (χ4n) is 1.35. The first-order chi connectivity index (χ1) is 7.36. The summed E-state index contributed by atoms with van der Waals surface area (Å²) in [6.45, 7) is 3.97. The number of aryl methyl sites for hydroxylation is 1. The summed E-state index contributed by atoms with van der Waals surface area (Å²) in [6, 6.07) is 4.74. The highest BCUT2D eigenvalue weighted by Gasteiger charge is 2.18. The molecule has 90 valence electrons. The molecule has 16 heavy (non-hydrogen) atoms. The minimum absolute atomic E-state index is 0.0408. The molecule has 0 heterocycles. The highest BCUT2D eigenvalue weighted by molar-refractivity contribution is 7.91. The van der Waals surface area contributed by atoms with E-state index in [1.807, 2.05) is 6.92 Å². The van der Waals surface area contributed by atoms with Crippen LogP contribution in [0.25, 0.3) is 0 Å². The van der Waals surface area contributed by atoms with E-state index in [4.69, 9.17) is 17.3 Å². The Morgan fingerprint density at radius 2 is 2.06 bits per heavy atom. The van der Waals surface area contributed by atoms with Gasteiger partial charge in [-0.25, -0.2) is 8.42 Å². The van der Waals surface area contributed by atoms with Crippen molar-refractivity contribution in [1.82, 2.24) is 0 Å². The molecule has 3 nitrogen and oxygen atoms in total. The van der Waals surface area contributed by atoms with Crippen molar-refractivity contribution in [2.75, 3.05) is 12.3 Å². The number of nitrogens with two attached hydrogens (primary N) is 1. The van der Waals surface area contributed by atoms with Gasteiger partial charge in [0, 0.05) is 5.02 Å². The molecular formula is C11H16ClNO2S. The maximum Gasteiger partial charge on any atom is 0.178 e. The minimum Gasteiger partial charge on any atom is -0.330 e. The van der Waals surface area contributed by atoms with Crippen molar-refractivity contribution < 1.29 is 8.42 Å². The van der Waals surface area contributed by atoms with Crippen molar-refractivity contribution in [3.8, 4) is 0 Å². The van der Waals surface area contributed by atoms with Crippen molar-refractivity contribution in [3.05, 3.63) is 28.8 Å². The molecule has 0 radical (unpaired) electrons. The quantitative estimate of drug-likeness (QED) is 0.902. The summed E-state index contributed by atoms with van der Waals surface area (Å²) in [4.78, 5) is 0.315. The van der Waals surface area contributed by atoms with Gasteiger partial charge in [-0.05, 0) is 43.1 Å². The van der Waals surface area contributed by atoms with E-state index in [0.29, 0.717) is 16.5 Å². The van der Waals surface area contributed by atoms with E-state index in [1.165, 1.54) is 6.07 Å². The first-order valence-electron chi connectivity index (χ1n) is 5.06. The number of rotatable bonds is 4. The van der Waals surface area contributed by atoms with Crippen molar-refractivity contribution in [1.29, 1.82) is 0 Å². The second kappa shape index (κ2) is 5.17. The molecule has 0 saturated carbocycles. The first-order valence-corrected chi connectivity index (χ1v) is 7.09. The van der Waals surface area contributed by atoms with Crippen LogP contribution in [0, 0.1) is 12.8 Å². The Morgan fingerprint density at radius 1 is 1.44 bits per heavy atom. The number of halogens is 1. The van der Waals surface area contributed by atoms with Crippen LogP contribution in [0.2, 0.25) is 5.02 Å². The van der Waals surface area contributed by atoms with E-state index in [1.54, 1.807) is 19.1 Å². The molecule has 1 rings (SSSR count). The zero-order valence-electron chi connectivity index (χ0n) is 9.40. The second-order valence-electron chi connectivity index (χ2n) is 4.03. The van der Waals surface area contributed by atoms with Crippen molar-refractivity contribution in [3.63, 3.8) is 0 Å². The fraction of sp³-hybridized carbons (Fsp3) is 0.455. The van der Waals surface area contributed by atoms with Crippen LogP contribution in [0.3, 0.4) is 0 Å². The van der Waals surface area contributed by atoms with Gasteiger partial charge in [-0.3, -0.25) is 0 Å². The highest BCUT2D eigenvalue weighted by atomic mass is 35.5. The van der Waals surface area contributed by atoms with Crippen LogP contribution < -0.4 is 5.73 Å². The van der Waals surface area contributed by atoms with Gasteiger partial charge in [0.25, 0.3) is 0 Å². The summed E-state index contributed by atoms with van der Waals surface area (Å²) < 4.78 is 23.9. The molecule has 0 fully saturated rings. The van der Waals surface area contributed by atoms with Gasteiger partial charge >= 0.3 is 0 Å². The van der Waals surface area contributed by atoms with Gasteiger partial charge in [-0.2, -0.15) is 0 Å². The molecule has 0 bridgehead atoms. The van der Waals surface area contributed by atoms with Crippen LogP contribution >= 0.6 is 11.6 Å². The van der Waals surface area contributed by atoms with Gasteiger partial charge in [0.05, 0.1) is 10.6 Å². The number of hydrogen-bond donors (Lipinski definition) is 1. The summed E-state index contributed by atoms with van der Waals surface area (Å²) in [5.74, 6) is 0.0332. The number of benzene rings is 1. The molecule has 0 aliphatic heterocycles. The molecule has 0 saturated heterocycles. The lowest BCUT2D eigenvalue weighted by atomic mass is 10.2. The van der Waals surface area contributed by atoms with E-state index < -0.39 is 9.84 Å². The molecule has 0 aliphatic rings. The van der Waals surface area contributed by atoms with E-state index in [2.05, 4.69) is 0 Å². The lowest BCUT2D eigenvalue weighted by Gasteiger charge is -2.10. The van der Waals surface area contributed by atoms with Crippen LogP contribution in [0.5, 0.6) is 0 Å². The van der Waals surface area contributed by atoms with E-state index in [-0.39, 0.29) is 11.7 Å². The Morgan fingerprint density at radius 3 is 2.56 bits per heavy atom. The Kier molecular flexibility index (Phi) is 4.35. The molecule has 2 N–H and O–H groups in total. The minimum atomic E-state index is -3.25. The van der Waals surface area contributed by atoms with Gasteiger partial charge in [0.1, 0.15) is 0 Å². The largest absolute Gasteiger partial charge is 0.330 e. The van der Waals surface area contributed by atoms with Crippen LogP contribution in [-0.2, 0) is 9.84 Å². The monoisotopic (exact) mass is 261 g/mol. The highest BCUT2D eigenvalue weighted by Crippen LogP contribution is 2.21. The predicted molar refractivity (Wildman–Crippen MR) is 66.5 cm³/mol. The number of sulfone groups is 1. The zero-order valence-corrected chi connectivity index (χ0v) is 11.0. The van der Waals surface area contributed by atoms with Crippen molar-refractivity contribution >= 4 is 21.4 Å². The molecular weight excluding hydrogens is 246 g/mol. The van der Waals surface area contributed by atoms with Gasteiger partial charge in [0.2, 0.25) is 0 Å². The maximum atomic E-state index is 12.0. The standard InChI is InChI=1S/C11H16ClNO2S/c1-8(6-13)7-16(14,15)10-3-4-11(12)9(2)5-10/h3-5,8H,6-7,13H2,1-2H3. The van der Waals surface area contributed by atoms with E-state index in [0.717, 1.165) is 5.56 Å². The average molecular weight is 262 g/mol. The Bertz CT molecular complexity index is 471. The third-order valence-electron chi connectivity index (χ3n) is 2.39. The third-order valence-corrected chi connectivity index (χ3v) is 4.80. The molecule has 5 heteroatoms.